The molecule has 12 nitrogen and oxygen atoms in total. The number of amides is 1. The Morgan fingerprint density at radius 1 is 1.07 bits per heavy atom. The number of primary amides is 1. The van der Waals surface area contributed by atoms with Crippen LogP contribution in [0.5, 0.6) is 5.75 Å². The lowest BCUT2D eigenvalue weighted by atomic mass is 10.1. The van der Waals surface area contributed by atoms with Crippen LogP contribution in [0.25, 0.3) is 0 Å². The van der Waals surface area contributed by atoms with Gasteiger partial charge in [0.1, 0.15) is 36.2 Å². The molecule has 2 heterocycles. The van der Waals surface area contributed by atoms with Gasteiger partial charge in [-0.1, -0.05) is 48.0 Å². The minimum atomic E-state index is -4.26. The molecule has 6 atom stereocenters. The third-order valence-corrected chi connectivity index (χ3v) is 7.97. The van der Waals surface area contributed by atoms with Gasteiger partial charge in [-0.2, -0.15) is 9.65 Å². The van der Waals surface area contributed by atoms with Gasteiger partial charge in [-0.05, 0) is 37.6 Å². The van der Waals surface area contributed by atoms with Gasteiger partial charge in [-0.15, -0.1) is 0 Å². The Labute approximate surface area is 237 Å². The van der Waals surface area contributed by atoms with Gasteiger partial charge in [0.25, 0.3) is 12.1 Å². The number of nitrogens with one attached hydrogen (secondary N) is 1. The van der Waals surface area contributed by atoms with E-state index in [1.165, 1.54) is 36.0 Å². The lowest BCUT2D eigenvalue weighted by molar-refractivity contribution is -0.765. The lowest BCUT2D eigenvalue weighted by Gasteiger charge is -2.24. The monoisotopic (exact) mass is 586 g/mol. The van der Waals surface area contributed by atoms with Crippen LogP contribution in [0.3, 0.4) is 0 Å². The normalized spacial score (nSPS) is 22.4. The quantitative estimate of drug-likeness (QED) is 0.140. The molecular weight excluding hydrogens is 553 g/mol. The first-order valence-corrected chi connectivity index (χ1v) is 14.4. The number of aryl methyl sites for hydroxylation is 1. The molecule has 1 aliphatic heterocycles. The average Bonchev–Trinajstić information content (AvgIpc) is 3.25. The maximum atomic E-state index is 13.9. The van der Waals surface area contributed by atoms with Gasteiger partial charge in [-0.25, -0.2) is 4.57 Å². The number of hydrogen-bond donors (Lipinski definition) is 4. The summed E-state index contributed by atoms with van der Waals surface area (Å²) in [4.78, 5) is 24.2. The molecule has 0 bridgehead atoms. The van der Waals surface area contributed by atoms with Crippen LogP contribution in [-0.2, 0) is 30.0 Å². The summed E-state index contributed by atoms with van der Waals surface area (Å²) in [6, 6.07) is 17.7. The summed E-state index contributed by atoms with van der Waals surface area (Å²) in [5, 5.41) is 23.9. The second-order valence-corrected chi connectivity index (χ2v) is 11.3. The first kappa shape index (κ1) is 30.3. The molecule has 1 fully saturated rings. The van der Waals surface area contributed by atoms with Crippen molar-refractivity contribution in [2.24, 2.45) is 5.73 Å². The number of hydrogen-bond acceptors (Lipinski definition) is 9. The van der Waals surface area contributed by atoms with E-state index in [2.05, 4.69) is 5.09 Å². The van der Waals surface area contributed by atoms with E-state index < -0.39 is 56.8 Å². The van der Waals surface area contributed by atoms with Crippen LogP contribution in [0.2, 0.25) is 0 Å². The van der Waals surface area contributed by atoms with Crippen LogP contribution in [0, 0.1) is 6.92 Å². The Balaban J connectivity index is 1.45. The molecule has 0 aliphatic carbocycles. The maximum Gasteiger partial charge on any atom is 0.459 e. The molecule has 3 unspecified atom stereocenters. The Kier molecular flexibility index (Phi) is 9.87. The summed E-state index contributed by atoms with van der Waals surface area (Å²) in [7, 11) is -4.26. The Hall–Kier alpha value is -3.64. The molecule has 0 radical (unpaired) electrons. The van der Waals surface area contributed by atoms with E-state index in [0.717, 1.165) is 11.1 Å². The van der Waals surface area contributed by atoms with Crippen molar-refractivity contribution in [3.63, 3.8) is 0 Å². The van der Waals surface area contributed by atoms with Crippen molar-refractivity contribution in [1.82, 2.24) is 5.09 Å². The average molecular weight is 587 g/mol. The van der Waals surface area contributed by atoms with Crippen molar-refractivity contribution in [3.8, 4) is 5.75 Å². The van der Waals surface area contributed by atoms with Gasteiger partial charge >= 0.3 is 13.7 Å². The van der Waals surface area contributed by atoms with E-state index >= 15 is 0 Å². The number of nitrogens with two attached hydrogens (primary N) is 1. The Morgan fingerprint density at radius 2 is 1.78 bits per heavy atom. The molecule has 4 rings (SSSR count). The van der Waals surface area contributed by atoms with Crippen molar-refractivity contribution < 1.29 is 47.5 Å². The summed E-state index contributed by atoms with van der Waals surface area (Å²) in [5.74, 6) is -1.16. The second kappa shape index (κ2) is 13.3. The lowest BCUT2D eigenvalue weighted by Crippen LogP contribution is -2.46. The fourth-order valence-electron chi connectivity index (χ4n) is 4.05. The van der Waals surface area contributed by atoms with Crippen molar-refractivity contribution in [2.75, 3.05) is 6.61 Å². The van der Waals surface area contributed by atoms with Crippen molar-refractivity contribution in [3.05, 3.63) is 95.8 Å². The van der Waals surface area contributed by atoms with E-state index in [0.29, 0.717) is 0 Å². The second-order valence-electron chi connectivity index (χ2n) is 9.59. The largest absolute Gasteiger partial charge is 0.460 e. The molecule has 1 saturated heterocycles. The minimum absolute atomic E-state index is 0.0195. The predicted octanol–water partition coefficient (Wildman–Crippen LogP) is 1.93. The van der Waals surface area contributed by atoms with Crippen molar-refractivity contribution in [1.29, 1.82) is 0 Å². The molecule has 0 saturated carbocycles. The van der Waals surface area contributed by atoms with Crippen molar-refractivity contribution in [2.45, 2.75) is 51.0 Å². The topological polar surface area (TPSA) is 171 Å². The smallest absolute Gasteiger partial charge is 0.459 e. The molecule has 0 spiro atoms. The highest BCUT2D eigenvalue weighted by atomic mass is 31.2. The number of esters is 1. The van der Waals surface area contributed by atoms with Gasteiger partial charge in [0.2, 0.25) is 0 Å². The third kappa shape index (κ3) is 7.98. The highest BCUT2D eigenvalue weighted by molar-refractivity contribution is 7.52. The van der Waals surface area contributed by atoms with Gasteiger partial charge in [-0.3, -0.25) is 14.1 Å². The highest BCUT2D eigenvalue weighted by Crippen LogP contribution is 2.46. The molecule has 41 heavy (non-hydrogen) atoms. The van der Waals surface area contributed by atoms with Gasteiger partial charge in [0.05, 0.1) is 6.61 Å². The van der Waals surface area contributed by atoms with Crippen molar-refractivity contribution >= 4 is 19.6 Å². The summed E-state index contributed by atoms with van der Waals surface area (Å²) >= 11 is 0. The van der Waals surface area contributed by atoms with Crippen LogP contribution in [-0.4, -0.2) is 53.1 Å². The maximum absolute atomic E-state index is 13.9. The number of carbonyl (C=O) groups excluding carboxylic acids is 2. The molecule has 13 heteroatoms. The van der Waals surface area contributed by atoms with Crippen LogP contribution in [0.4, 0.5) is 0 Å². The Bertz CT molecular complexity index is 1390. The van der Waals surface area contributed by atoms with Crippen LogP contribution in [0.15, 0.2) is 79.1 Å². The predicted molar refractivity (Wildman–Crippen MR) is 145 cm³/mol. The fourth-order valence-corrected chi connectivity index (χ4v) is 5.56. The zero-order chi connectivity index (χ0) is 29.6. The number of benzene rings is 2. The molecule has 218 valence electrons. The Morgan fingerprint density at radius 3 is 2.46 bits per heavy atom. The molecule has 3 aromatic rings. The summed E-state index contributed by atoms with van der Waals surface area (Å²) in [6.45, 7) is 2.87. The minimum Gasteiger partial charge on any atom is -0.460 e. The molecule has 1 amide bonds. The van der Waals surface area contributed by atoms with Gasteiger partial charge in [0, 0.05) is 6.07 Å². The van der Waals surface area contributed by atoms with E-state index in [-0.39, 0.29) is 17.9 Å². The highest BCUT2D eigenvalue weighted by Gasteiger charge is 2.49. The molecule has 1 aliphatic rings. The summed E-state index contributed by atoms with van der Waals surface area (Å²) < 4.78 is 37.7. The van der Waals surface area contributed by atoms with E-state index in [4.69, 9.17) is 24.3 Å². The fraction of sp³-hybridized carbons (Fsp3) is 0.321. The standard InChI is InChI=1S/C28H32N3O9P/c1-18-10-12-22(13-11-18)40-41(36,30-19(2)28(35)37-16-20-7-4-3-5-8-20)38-17-23-24(32)25(33)27(39-23)31-14-6-9-21(15-31)26(29)34/h3-15,19,23-25,27,32-33H,16-17H2,1-2H3,(H2-,29,30,34,36)/p+1/t19?,23?,24-,25-,27-,41?/m1/s1. The van der Waals surface area contributed by atoms with Crippen LogP contribution in [0.1, 0.15) is 34.6 Å². The summed E-state index contributed by atoms with van der Waals surface area (Å²) in [5.41, 5.74) is 7.23. The van der Waals surface area contributed by atoms with E-state index in [1.807, 2.05) is 25.1 Å². The number of nitrogens with zero attached hydrogens (tertiary/aromatic N) is 1. The zero-order valence-electron chi connectivity index (χ0n) is 22.5. The first-order chi connectivity index (χ1) is 19.5. The van der Waals surface area contributed by atoms with E-state index in [9.17, 15) is 24.4 Å². The van der Waals surface area contributed by atoms with E-state index in [1.54, 1.807) is 36.4 Å². The number of rotatable bonds is 12. The van der Waals surface area contributed by atoms with Crippen LogP contribution >= 0.6 is 7.75 Å². The molecule has 2 aromatic carbocycles. The number of carbonyl (C=O) groups is 2. The number of aromatic nitrogens is 1. The SMILES string of the molecule is Cc1ccc(OP(=O)(NC(C)C(=O)OCc2ccccc2)OCC2O[C@@H]([n+]3cccc(C(N)=O)c3)[C@H](O)[C@@H]2O)cc1. The van der Waals surface area contributed by atoms with Gasteiger partial charge < -0.3 is 29.9 Å². The zero-order valence-corrected chi connectivity index (χ0v) is 23.4. The third-order valence-electron chi connectivity index (χ3n) is 6.32. The molecule has 5 N–H and O–H groups in total. The number of aliphatic hydroxyl groups is 2. The number of aliphatic hydroxyl groups excluding tert-OH is 2. The number of ether oxygens (including phenoxy) is 2. The summed E-state index contributed by atoms with van der Waals surface area (Å²) in [6.07, 6.45) is -2.17. The molecule has 1 aromatic heterocycles. The molecular formula is C28H33N3O9P+. The van der Waals surface area contributed by atoms with Crippen LogP contribution < -0.4 is 19.9 Å². The first-order valence-electron chi connectivity index (χ1n) is 12.9. The number of pyridine rings is 1. The van der Waals surface area contributed by atoms with Gasteiger partial charge in [0.15, 0.2) is 18.5 Å².